The molecule has 0 aliphatic heterocycles. The second-order valence-electron chi connectivity index (χ2n) is 17.3. The summed E-state index contributed by atoms with van der Waals surface area (Å²) in [5.41, 5.74) is 0. The number of amides is 2. The van der Waals surface area contributed by atoms with Gasteiger partial charge in [-0.3, -0.25) is 9.59 Å². The molecule has 77 heteroatoms. The normalized spacial score (nSPS) is 16.1. The monoisotopic (exact) mass is 1800 g/mol. The van der Waals surface area contributed by atoms with E-state index in [0.717, 1.165) is 43.2 Å². The lowest BCUT2D eigenvalue weighted by Gasteiger charge is -2.37. The Bertz CT molecular complexity index is 3060. The third-order valence-corrected chi connectivity index (χ3v) is 8.60. The van der Waals surface area contributed by atoms with Gasteiger partial charge in [-0.15, -0.1) is 61.5 Å². The quantitative estimate of drug-likeness (QED) is 0.0326. The van der Waals surface area contributed by atoms with Crippen LogP contribution in [-0.2, 0) is 90.1 Å². The molecule has 0 saturated carbocycles. The van der Waals surface area contributed by atoms with Crippen LogP contribution in [0.15, 0.2) is 0 Å². The highest BCUT2D eigenvalue weighted by molar-refractivity contribution is 5.82. The van der Waals surface area contributed by atoms with E-state index in [4.69, 9.17) is 10.2 Å². The van der Waals surface area contributed by atoms with Crippen molar-refractivity contribution in [2.75, 3.05) is 26.3 Å². The third kappa shape index (κ3) is 27.0. The van der Waals surface area contributed by atoms with Gasteiger partial charge in [0.25, 0.3) is 0 Å². The van der Waals surface area contributed by atoms with Gasteiger partial charge in [0.1, 0.15) is 0 Å². The molecule has 0 atom stereocenters. The van der Waals surface area contributed by atoms with Gasteiger partial charge in [0.2, 0.25) is 0 Å². The Morgan fingerprint density at radius 2 is 0.282 bits per heavy atom. The zero-order valence-corrected chi connectivity index (χ0v) is 47.4. The number of hydrogen-bond acceptors (Lipinski definition) is 21. The third-order valence-electron chi connectivity index (χ3n) is 8.60. The summed E-state index contributed by atoms with van der Waals surface area (Å²) in [4.78, 5) is 21.9. The van der Waals surface area contributed by atoms with Crippen LogP contribution in [0.2, 0.25) is 0 Å². The number of hydrogen-bond donors (Lipinski definition) is 4. The second kappa shape index (κ2) is 31.5. The van der Waals surface area contributed by atoms with Gasteiger partial charge in [0.05, 0.1) is 13.2 Å². The van der Waals surface area contributed by atoms with Crippen molar-refractivity contribution in [3.63, 3.8) is 0 Å². The fourth-order valence-corrected chi connectivity index (χ4v) is 4.43. The molecular weight excluding hydrogens is 1790 g/mol. The first-order chi connectivity index (χ1) is 47.2. The van der Waals surface area contributed by atoms with Crippen molar-refractivity contribution in [2.24, 2.45) is 0 Å². The molecule has 2 amide bonds. The summed E-state index contributed by atoms with van der Waals surface area (Å²) in [6.07, 6.45) is -223. The maximum absolute atomic E-state index is 13.9. The van der Waals surface area contributed by atoms with Gasteiger partial charge in [-0.05, 0) is 0 Å². The summed E-state index contributed by atoms with van der Waals surface area (Å²) in [6, 6.07) is 0. The maximum Gasteiger partial charge on any atom is 0.498 e. The summed E-state index contributed by atoms with van der Waals surface area (Å²) >= 11 is 0. The summed E-state index contributed by atoms with van der Waals surface area (Å²) in [5, 5.41) is 18.0. The zero-order valence-electron chi connectivity index (χ0n) is 47.4. The summed E-state index contributed by atoms with van der Waals surface area (Å²) in [7, 11) is 0. The summed E-state index contributed by atoms with van der Waals surface area (Å²) in [6.45, 7) is -5.59. The van der Waals surface area contributed by atoms with Gasteiger partial charge < -0.3 is 20.8 Å². The average Bonchev–Trinajstić information content (AvgIpc) is 0.748. The first kappa shape index (κ1) is 104. The van der Waals surface area contributed by atoms with Crippen LogP contribution in [0.3, 0.4) is 0 Å². The Morgan fingerprint density at radius 3 is 0.427 bits per heavy atom. The summed E-state index contributed by atoms with van der Waals surface area (Å²) in [5.74, 6) is -6.57. The van der Waals surface area contributed by atoms with Crippen LogP contribution in [0.4, 0.5) is 237 Å². The highest BCUT2D eigenvalue weighted by Gasteiger charge is 2.84. The minimum absolute atomic E-state index is 0.598. The van der Waals surface area contributed by atoms with E-state index in [1.807, 2.05) is 4.74 Å². The molecule has 0 rings (SSSR count). The summed E-state index contributed by atoms with van der Waals surface area (Å²) < 4.78 is 761. The molecule has 0 radical (unpaired) electrons. The first-order valence-electron chi connectivity index (χ1n) is 23.1. The lowest BCUT2D eigenvalue weighted by Crippen LogP contribution is -2.63. The molecule has 110 heavy (non-hydrogen) atoms. The van der Waals surface area contributed by atoms with E-state index in [0.29, 0.717) is 5.32 Å². The molecular formula is C33H12F54N2O21. The first-order valence-corrected chi connectivity index (χ1v) is 23.1. The van der Waals surface area contributed by atoms with Gasteiger partial charge in [-0.1, -0.05) is 0 Å². The molecule has 0 spiro atoms. The topological polar surface area (TPSA) is 256 Å². The van der Waals surface area contributed by atoms with E-state index in [2.05, 4.69) is 0 Å². The number of alkyl halides is 54. The smallest absolute Gasteiger partial charge is 0.395 e. The number of carbonyl (C=O) groups is 2. The number of halogens is 54. The number of aliphatic hydroxyl groups excluding tert-OH is 2. The van der Waals surface area contributed by atoms with Crippen LogP contribution in [-0.4, -0.2) is 215 Å². The molecule has 0 aromatic rings. The molecule has 0 aromatic carbocycles. The van der Waals surface area contributed by atoms with Crippen molar-refractivity contribution in [1.82, 2.24) is 10.6 Å². The standard InChI is InChI=1S/C33H12F54N2O21/c34-7(35,5(92)88-1-3-90)94-9(38,39)10(40,41)96-11(42,43)12(44,45)97-13(46,47)14(48,49)98-15(50,51)16(52,53)99-17(54,55)18(56,57)100-19(58,59)20(60,61)101-21(62,63)22(64,65)102-23(66,67)24(68,69)103-25(70,71)26(72,73)104-28(76,77)106-30(80,81)108-32(84,85)110-33(86,87)109-31(82,83)107-29(78,79)105-27(74,75)95-8(36,37)6(93)89-2-4-91/h90-91H,1-4H2,(H,88,92)(H,89,93). The van der Waals surface area contributed by atoms with Gasteiger partial charge in [-0.25, -0.2) is 80.5 Å². The van der Waals surface area contributed by atoms with Crippen molar-refractivity contribution < 1.29 is 337 Å². The number of rotatable bonds is 49. The van der Waals surface area contributed by atoms with E-state index >= 15 is 0 Å². The molecule has 0 aliphatic carbocycles. The molecule has 0 aromatic heterocycles. The van der Waals surface area contributed by atoms with Gasteiger partial charge in [0.15, 0.2) is 0 Å². The fraction of sp³-hybridized carbons (Fsp3) is 0.939. The Labute approximate surface area is 553 Å². The van der Waals surface area contributed by atoms with Gasteiger partial charge >= 0.3 is 178 Å². The highest BCUT2D eigenvalue weighted by Crippen LogP contribution is 2.58. The molecule has 0 aliphatic rings. The molecule has 0 heterocycles. The average molecular weight is 1800 g/mol. The lowest BCUT2D eigenvalue weighted by molar-refractivity contribution is -0.647. The second-order valence-corrected chi connectivity index (χ2v) is 17.3. The molecule has 658 valence electrons. The van der Waals surface area contributed by atoms with E-state index in [-0.39, 0.29) is 0 Å². The van der Waals surface area contributed by atoms with Crippen LogP contribution < -0.4 is 10.6 Å². The predicted molar refractivity (Wildman–Crippen MR) is 192 cm³/mol. The molecule has 0 bridgehead atoms. The molecule has 0 unspecified atom stereocenters. The Balaban J connectivity index is 6.56. The molecule has 0 saturated heterocycles. The van der Waals surface area contributed by atoms with E-state index < -0.39 is 204 Å². The van der Waals surface area contributed by atoms with E-state index in [9.17, 15) is 247 Å². The van der Waals surface area contributed by atoms with Crippen molar-refractivity contribution >= 4 is 11.8 Å². The van der Waals surface area contributed by atoms with Crippen LogP contribution >= 0.6 is 0 Å². The Morgan fingerprint density at radius 1 is 0.173 bits per heavy atom. The zero-order chi connectivity index (χ0) is 88.9. The van der Waals surface area contributed by atoms with Crippen molar-refractivity contribution in [2.45, 2.75) is 166 Å². The van der Waals surface area contributed by atoms with Crippen LogP contribution in [0.25, 0.3) is 0 Å². The minimum Gasteiger partial charge on any atom is -0.395 e. The Hall–Kier alpha value is -5.60. The largest absolute Gasteiger partial charge is 0.498 e. The predicted octanol–water partition coefficient (Wildman–Crippen LogP) is 13.2. The van der Waals surface area contributed by atoms with Crippen molar-refractivity contribution in [3.8, 4) is 0 Å². The van der Waals surface area contributed by atoms with Crippen LogP contribution in [0.5, 0.6) is 0 Å². The molecule has 4 N–H and O–H groups in total. The number of ether oxygens (including phenoxy) is 17. The highest BCUT2D eigenvalue weighted by atomic mass is 19.4. The fourth-order valence-electron chi connectivity index (χ4n) is 4.43. The van der Waals surface area contributed by atoms with Gasteiger partial charge in [0, 0.05) is 13.1 Å². The van der Waals surface area contributed by atoms with Crippen molar-refractivity contribution in [1.29, 1.82) is 0 Å². The Kier molecular flexibility index (Phi) is 29.9. The maximum atomic E-state index is 13.9. The van der Waals surface area contributed by atoms with E-state index in [1.54, 1.807) is 14.2 Å². The van der Waals surface area contributed by atoms with Crippen LogP contribution in [0.1, 0.15) is 0 Å². The minimum atomic E-state index is -8.98. The van der Waals surface area contributed by atoms with E-state index in [1.165, 1.54) is 23.7 Å². The molecule has 0 fully saturated rings. The number of carbonyl (C=O) groups excluding carboxylic acids is 2. The number of aliphatic hydroxyl groups is 2. The molecule has 23 nitrogen and oxygen atoms in total. The lowest BCUT2D eigenvalue weighted by atomic mass is 10.4. The van der Waals surface area contributed by atoms with Crippen molar-refractivity contribution in [3.05, 3.63) is 0 Å². The van der Waals surface area contributed by atoms with Gasteiger partial charge in [-0.2, -0.15) is 176 Å². The van der Waals surface area contributed by atoms with Crippen LogP contribution in [0, 0.1) is 0 Å². The SMILES string of the molecule is O=C(NCCO)C(F)(F)OC(F)(F)OC(F)(F)OC(F)(F)OC(F)(F)OC(F)(F)OC(F)(F)OC(F)(F)OC(F)(F)C(F)(F)OC(F)(F)C(F)(F)OC(F)(F)C(F)(F)OC(F)(F)C(F)(F)OC(F)(F)C(F)(F)OC(F)(F)C(F)(F)OC(F)(F)C(F)(F)OC(F)(F)C(F)(F)OC(F)(F)C(F)(F)OC(F)(F)C(=O)NCCO. The number of nitrogens with one attached hydrogen (secondary N) is 2.